The maximum absolute atomic E-state index is 13.0. The number of halogens is 3. The summed E-state index contributed by atoms with van der Waals surface area (Å²) in [7, 11) is 1.50. The molecule has 0 aliphatic carbocycles. The highest BCUT2D eigenvalue weighted by molar-refractivity contribution is 7.10. The number of nitrogens with two attached hydrogens (primary N) is 1. The average Bonchev–Trinajstić information content (AvgIpc) is 2.88. The molecule has 3 N–H and O–H groups in total. The van der Waals surface area contributed by atoms with Gasteiger partial charge in [0.25, 0.3) is 0 Å². The van der Waals surface area contributed by atoms with E-state index in [4.69, 9.17) is 10.6 Å². The molecule has 0 bridgehead atoms. The topological polar surface area (TPSA) is 47.3 Å². The highest BCUT2D eigenvalue weighted by Crippen LogP contribution is 2.38. The van der Waals surface area contributed by atoms with Crippen LogP contribution in [0.4, 0.5) is 13.2 Å². The van der Waals surface area contributed by atoms with Crippen LogP contribution in [0.3, 0.4) is 0 Å². The second-order valence-corrected chi connectivity index (χ2v) is 5.02. The number of alkyl halides is 3. The molecule has 3 nitrogen and oxygen atoms in total. The first-order valence-corrected chi connectivity index (χ1v) is 6.60. The smallest absolute Gasteiger partial charge is 0.416 e. The van der Waals surface area contributed by atoms with Gasteiger partial charge in [-0.15, -0.1) is 11.3 Å². The summed E-state index contributed by atoms with van der Waals surface area (Å²) in [5.41, 5.74) is 1.83. The van der Waals surface area contributed by atoms with Crippen molar-refractivity contribution in [1.29, 1.82) is 0 Å². The Bertz CT molecular complexity index is 583. The molecular weight excluding hydrogens is 289 g/mol. The third kappa shape index (κ3) is 2.95. The summed E-state index contributed by atoms with van der Waals surface area (Å²) in [6, 6.07) is 6.31. The Balaban J connectivity index is 2.47. The van der Waals surface area contributed by atoms with E-state index in [1.165, 1.54) is 30.6 Å². The third-order valence-corrected chi connectivity index (χ3v) is 3.84. The van der Waals surface area contributed by atoms with E-state index in [9.17, 15) is 13.2 Å². The first kappa shape index (κ1) is 14.8. The maximum atomic E-state index is 13.0. The van der Waals surface area contributed by atoms with Gasteiger partial charge < -0.3 is 4.74 Å². The van der Waals surface area contributed by atoms with E-state index in [0.29, 0.717) is 10.6 Å². The van der Waals surface area contributed by atoms with Gasteiger partial charge >= 0.3 is 6.18 Å². The Morgan fingerprint density at radius 3 is 2.55 bits per heavy atom. The molecule has 0 amide bonds. The number of rotatable bonds is 4. The van der Waals surface area contributed by atoms with Crippen LogP contribution in [-0.2, 0) is 6.18 Å². The lowest BCUT2D eigenvalue weighted by Crippen LogP contribution is -2.30. The zero-order valence-electron chi connectivity index (χ0n) is 10.6. The Kier molecular flexibility index (Phi) is 4.32. The first-order valence-electron chi connectivity index (χ1n) is 5.72. The molecule has 7 heteroatoms. The number of thiophene rings is 1. The number of hydrogen-bond acceptors (Lipinski definition) is 4. The summed E-state index contributed by atoms with van der Waals surface area (Å²) >= 11 is 1.29. The highest BCUT2D eigenvalue weighted by Gasteiger charge is 2.35. The van der Waals surface area contributed by atoms with Crippen molar-refractivity contribution < 1.29 is 17.9 Å². The minimum atomic E-state index is -4.42. The van der Waals surface area contributed by atoms with E-state index >= 15 is 0 Å². The molecule has 1 unspecified atom stereocenters. The van der Waals surface area contributed by atoms with Crippen LogP contribution in [-0.4, -0.2) is 7.11 Å². The zero-order valence-corrected chi connectivity index (χ0v) is 11.4. The van der Waals surface area contributed by atoms with Gasteiger partial charge in [-0.1, -0.05) is 18.2 Å². The van der Waals surface area contributed by atoms with Crippen LogP contribution in [0.1, 0.15) is 22.0 Å². The highest BCUT2D eigenvalue weighted by atomic mass is 32.1. The lowest BCUT2D eigenvalue weighted by atomic mass is 9.99. The van der Waals surface area contributed by atoms with Crippen molar-refractivity contribution in [3.63, 3.8) is 0 Å². The van der Waals surface area contributed by atoms with Gasteiger partial charge in [0.05, 0.1) is 18.7 Å². The SMILES string of the molecule is COc1csc(C(NN)c2ccccc2C(F)(F)F)c1. The fourth-order valence-corrected chi connectivity index (χ4v) is 2.86. The Labute approximate surface area is 118 Å². The van der Waals surface area contributed by atoms with Gasteiger partial charge in [-0.05, 0) is 17.7 Å². The third-order valence-electron chi connectivity index (χ3n) is 2.86. The number of hydrazine groups is 1. The van der Waals surface area contributed by atoms with E-state index in [0.717, 1.165) is 6.07 Å². The summed E-state index contributed by atoms with van der Waals surface area (Å²) in [5, 5.41) is 1.72. The summed E-state index contributed by atoms with van der Waals surface area (Å²) in [6.07, 6.45) is -4.42. The Hall–Kier alpha value is -1.57. The van der Waals surface area contributed by atoms with Crippen LogP contribution >= 0.6 is 11.3 Å². The summed E-state index contributed by atoms with van der Waals surface area (Å²) in [6.45, 7) is 0. The van der Waals surface area contributed by atoms with Crippen molar-refractivity contribution in [3.8, 4) is 5.75 Å². The molecule has 0 spiro atoms. The van der Waals surface area contributed by atoms with Crippen molar-refractivity contribution in [2.45, 2.75) is 12.2 Å². The summed E-state index contributed by atoms with van der Waals surface area (Å²) < 4.78 is 44.2. The maximum Gasteiger partial charge on any atom is 0.416 e. The van der Waals surface area contributed by atoms with Crippen molar-refractivity contribution in [2.75, 3.05) is 7.11 Å². The van der Waals surface area contributed by atoms with Gasteiger partial charge in [0.15, 0.2) is 0 Å². The van der Waals surface area contributed by atoms with Crippen molar-refractivity contribution in [1.82, 2.24) is 5.43 Å². The number of nitrogens with one attached hydrogen (secondary N) is 1. The van der Waals surface area contributed by atoms with Crippen molar-refractivity contribution in [3.05, 3.63) is 51.7 Å². The quantitative estimate of drug-likeness (QED) is 0.673. The monoisotopic (exact) mass is 302 g/mol. The molecule has 0 aliphatic heterocycles. The lowest BCUT2D eigenvalue weighted by molar-refractivity contribution is -0.138. The number of hydrogen-bond donors (Lipinski definition) is 2. The molecule has 0 aliphatic rings. The Morgan fingerprint density at radius 1 is 1.30 bits per heavy atom. The summed E-state index contributed by atoms with van der Waals surface area (Å²) in [5.74, 6) is 6.04. The average molecular weight is 302 g/mol. The molecular formula is C13H13F3N2OS. The molecule has 1 heterocycles. The molecule has 1 aromatic carbocycles. The normalized spacial score (nSPS) is 13.2. The minimum absolute atomic E-state index is 0.0898. The van der Waals surface area contributed by atoms with Crippen molar-refractivity contribution >= 4 is 11.3 Å². The van der Waals surface area contributed by atoms with Gasteiger partial charge in [-0.25, -0.2) is 5.43 Å². The largest absolute Gasteiger partial charge is 0.496 e. The molecule has 2 aromatic rings. The molecule has 0 radical (unpaired) electrons. The fourth-order valence-electron chi connectivity index (χ4n) is 1.92. The molecule has 1 aromatic heterocycles. The van der Waals surface area contributed by atoms with Gasteiger partial charge in [0.1, 0.15) is 5.75 Å². The van der Waals surface area contributed by atoms with Crippen LogP contribution in [0.15, 0.2) is 35.7 Å². The molecule has 2 rings (SSSR count). The molecule has 1 atom stereocenters. The van der Waals surface area contributed by atoms with E-state index in [2.05, 4.69) is 5.43 Å². The second kappa shape index (κ2) is 5.82. The Morgan fingerprint density at radius 2 is 2.00 bits per heavy atom. The van der Waals surface area contributed by atoms with E-state index in [1.54, 1.807) is 17.5 Å². The predicted molar refractivity (Wildman–Crippen MR) is 71.5 cm³/mol. The van der Waals surface area contributed by atoms with Crippen LogP contribution in [0.5, 0.6) is 5.75 Å². The van der Waals surface area contributed by atoms with Gasteiger partial charge in [-0.2, -0.15) is 13.2 Å². The first-order chi connectivity index (χ1) is 9.47. The molecule has 0 saturated heterocycles. The van der Waals surface area contributed by atoms with E-state index in [1.807, 2.05) is 0 Å². The lowest BCUT2D eigenvalue weighted by Gasteiger charge is -2.20. The molecule has 20 heavy (non-hydrogen) atoms. The summed E-state index contributed by atoms with van der Waals surface area (Å²) in [4.78, 5) is 0.654. The van der Waals surface area contributed by atoms with E-state index < -0.39 is 17.8 Å². The van der Waals surface area contributed by atoms with Crippen molar-refractivity contribution in [2.24, 2.45) is 5.84 Å². The van der Waals surface area contributed by atoms with Crippen LogP contribution in [0.25, 0.3) is 0 Å². The van der Waals surface area contributed by atoms with Gasteiger partial charge in [0.2, 0.25) is 0 Å². The van der Waals surface area contributed by atoms with Gasteiger partial charge in [-0.3, -0.25) is 5.84 Å². The molecule has 0 fully saturated rings. The molecule has 108 valence electrons. The minimum Gasteiger partial charge on any atom is -0.496 e. The number of benzene rings is 1. The second-order valence-electron chi connectivity index (χ2n) is 4.07. The zero-order chi connectivity index (χ0) is 14.8. The number of ether oxygens (including phenoxy) is 1. The van der Waals surface area contributed by atoms with Crippen LogP contribution < -0.4 is 16.0 Å². The standard InChI is InChI=1S/C13H13F3N2OS/c1-19-8-6-11(20-7-8)12(18-17)9-4-2-3-5-10(9)13(14,15)16/h2-7,12,18H,17H2,1H3. The van der Waals surface area contributed by atoms with Gasteiger partial charge in [0, 0.05) is 10.3 Å². The fraction of sp³-hybridized carbons (Fsp3) is 0.231. The predicted octanol–water partition coefficient (Wildman–Crippen LogP) is 3.33. The van der Waals surface area contributed by atoms with Crippen LogP contribution in [0.2, 0.25) is 0 Å². The van der Waals surface area contributed by atoms with Crippen LogP contribution in [0, 0.1) is 0 Å². The number of methoxy groups -OCH3 is 1. The molecule has 0 saturated carbocycles. The van der Waals surface area contributed by atoms with E-state index in [-0.39, 0.29) is 5.56 Å².